The quantitative estimate of drug-likeness (QED) is 0.840. The number of rotatable bonds is 4. The van der Waals surface area contributed by atoms with Crippen molar-refractivity contribution in [1.29, 1.82) is 0 Å². The first kappa shape index (κ1) is 17.7. The van der Waals surface area contributed by atoms with Gasteiger partial charge in [-0.3, -0.25) is 9.59 Å². The lowest BCUT2D eigenvalue weighted by Crippen LogP contribution is -2.40. The van der Waals surface area contributed by atoms with Crippen LogP contribution in [0.4, 0.5) is 4.39 Å². The van der Waals surface area contributed by atoms with Crippen molar-refractivity contribution in [3.63, 3.8) is 0 Å². The first-order valence-electron chi connectivity index (χ1n) is 9.08. The minimum absolute atomic E-state index is 0.0673. The molecule has 2 amide bonds. The van der Waals surface area contributed by atoms with E-state index < -0.39 is 0 Å². The summed E-state index contributed by atoms with van der Waals surface area (Å²) in [5.41, 5.74) is 0. The molecule has 25 heavy (non-hydrogen) atoms. The van der Waals surface area contributed by atoms with E-state index in [1.807, 2.05) is 4.90 Å². The highest BCUT2D eigenvalue weighted by Crippen LogP contribution is 2.27. The van der Waals surface area contributed by atoms with Crippen LogP contribution in [0.2, 0.25) is 0 Å². The van der Waals surface area contributed by atoms with Crippen LogP contribution in [0.25, 0.3) is 0 Å². The summed E-state index contributed by atoms with van der Waals surface area (Å²) in [6.07, 6.45) is 5.10. The number of hydrogen-bond acceptors (Lipinski definition) is 3. The SMILES string of the molecule is O=C(COc1ccc(F)cc1)N1CCCN(C(=O)C2CCCC2)CC1. The summed E-state index contributed by atoms with van der Waals surface area (Å²) >= 11 is 0. The van der Waals surface area contributed by atoms with E-state index in [1.165, 1.54) is 24.3 Å². The van der Waals surface area contributed by atoms with Gasteiger partial charge in [-0.25, -0.2) is 4.39 Å². The third kappa shape index (κ3) is 4.71. The molecular weight excluding hydrogens is 323 g/mol. The van der Waals surface area contributed by atoms with Gasteiger partial charge < -0.3 is 14.5 Å². The molecule has 0 radical (unpaired) electrons. The number of amides is 2. The molecule has 0 aromatic heterocycles. The maximum absolute atomic E-state index is 12.9. The second-order valence-electron chi connectivity index (χ2n) is 6.78. The molecule has 1 heterocycles. The van der Waals surface area contributed by atoms with Crippen molar-refractivity contribution < 1.29 is 18.7 Å². The summed E-state index contributed by atoms with van der Waals surface area (Å²) in [5, 5.41) is 0. The number of halogens is 1. The van der Waals surface area contributed by atoms with Gasteiger partial charge in [0, 0.05) is 32.1 Å². The first-order valence-corrected chi connectivity index (χ1v) is 9.08. The van der Waals surface area contributed by atoms with Gasteiger partial charge in [0.05, 0.1) is 0 Å². The third-order valence-corrected chi connectivity index (χ3v) is 5.04. The molecule has 1 aromatic carbocycles. The highest BCUT2D eigenvalue weighted by Gasteiger charge is 2.29. The summed E-state index contributed by atoms with van der Waals surface area (Å²) in [4.78, 5) is 28.6. The van der Waals surface area contributed by atoms with Gasteiger partial charge in [0.1, 0.15) is 11.6 Å². The highest BCUT2D eigenvalue weighted by atomic mass is 19.1. The van der Waals surface area contributed by atoms with Crippen molar-refractivity contribution in [2.45, 2.75) is 32.1 Å². The number of benzene rings is 1. The molecule has 1 aromatic rings. The fourth-order valence-corrected chi connectivity index (χ4v) is 3.59. The molecule has 2 aliphatic rings. The summed E-state index contributed by atoms with van der Waals surface area (Å²) < 4.78 is 18.3. The number of ether oxygens (including phenoxy) is 1. The van der Waals surface area contributed by atoms with Crippen molar-refractivity contribution in [3.05, 3.63) is 30.1 Å². The topological polar surface area (TPSA) is 49.9 Å². The fourth-order valence-electron chi connectivity index (χ4n) is 3.59. The average Bonchev–Trinajstić information content (AvgIpc) is 3.05. The first-order chi connectivity index (χ1) is 12.1. The Morgan fingerprint density at radius 1 is 0.960 bits per heavy atom. The maximum atomic E-state index is 12.9. The monoisotopic (exact) mass is 348 g/mol. The molecule has 1 aliphatic heterocycles. The number of carbonyl (C=O) groups is 2. The molecule has 6 heteroatoms. The molecule has 0 unspecified atom stereocenters. The van der Waals surface area contributed by atoms with E-state index in [1.54, 1.807) is 4.90 Å². The van der Waals surface area contributed by atoms with Crippen LogP contribution < -0.4 is 4.74 Å². The zero-order chi connectivity index (χ0) is 17.6. The molecule has 3 rings (SSSR count). The minimum atomic E-state index is -0.335. The molecule has 0 spiro atoms. The second kappa shape index (κ2) is 8.32. The number of nitrogens with zero attached hydrogens (tertiary/aromatic N) is 2. The number of carbonyl (C=O) groups excluding carboxylic acids is 2. The van der Waals surface area contributed by atoms with E-state index in [4.69, 9.17) is 4.74 Å². The van der Waals surface area contributed by atoms with E-state index in [9.17, 15) is 14.0 Å². The summed E-state index contributed by atoms with van der Waals surface area (Å²) in [6.45, 7) is 2.43. The lowest BCUT2D eigenvalue weighted by molar-refractivity contribution is -0.136. The van der Waals surface area contributed by atoms with E-state index in [0.717, 1.165) is 38.6 Å². The molecule has 2 fully saturated rings. The predicted octanol–water partition coefficient (Wildman–Crippen LogP) is 2.46. The molecule has 0 atom stereocenters. The Hall–Kier alpha value is -2.11. The molecular formula is C19H25FN2O3. The van der Waals surface area contributed by atoms with E-state index >= 15 is 0 Å². The summed E-state index contributed by atoms with van der Waals surface area (Å²) in [6, 6.07) is 5.62. The van der Waals surface area contributed by atoms with Crippen LogP contribution in [0.3, 0.4) is 0 Å². The lowest BCUT2D eigenvalue weighted by atomic mass is 10.1. The Kier molecular flexibility index (Phi) is 5.89. The van der Waals surface area contributed by atoms with E-state index in [0.29, 0.717) is 25.4 Å². The van der Waals surface area contributed by atoms with Gasteiger partial charge in [-0.05, 0) is 43.5 Å². The summed E-state index contributed by atoms with van der Waals surface area (Å²) in [7, 11) is 0. The molecule has 5 nitrogen and oxygen atoms in total. The Morgan fingerprint density at radius 2 is 1.60 bits per heavy atom. The van der Waals surface area contributed by atoms with Gasteiger partial charge in [0.2, 0.25) is 5.91 Å². The van der Waals surface area contributed by atoms with Gasteiger partial charge >= 0.3 is 0 Å². The van der Waals surface area contributed by atoms with Crippen molar-refractivity contribution in [3.8, 4) is 5.75 Å². The van der Waals surface area contributed by atoms with Gasteiger partial charge in [-0.1, -0.05) is 12.8 Å². The second-order valence-corrected chi connectivity index (χ2v) is 6.78. The van der Waals surface area contributed by atoms with Crippen LogP contribution >= 0.6 is 0 Å². The van der Waals surface area contributed by atoms with Crippen LogP contribution in [0, 0.1) is 11.7 Å². The largest absolute Gasteiger partial charge is 0.484 e. The van der Waals surface area contributed by atoms with Gasteiger partial charge in [-0.15, -0.1) is 0 Å². The Bertz CT molecular complexity index is 599. The predicted molar refractivity (Wildman–Crippen MR) is 91.6 cm³/mol. The van der Waals surface area contributed by atoms with Gasteiger partial charge in [-0.2, -0.15) is 0 Å². The highest BCUT2D eigenvalue weighted by molar-refractivity contribution is 5.80. The van der Waals surface area contributed by atoms with Crippen molar-refractivity contribution >= 4 is 11.8 Å². The maximum Gasteiger partial charge on any atom is 0.260 e. The smallest absolute Gasteiger partial charge is 0.260 e. The molecule has 136 valence electrons. The summed E-state index contributed by atoms with van der Waals surface area (Å²) in [5.74, 6) is 0.485. The van der Waals surface area contributed by atoms with Gasteiger partial charge in [0.25, 0.3) is 5.91 Å². The normalized spacial score (nSPS) is 18.9. The van der Waals surface area contributed by atoms with Crippen molar-refractivity contribution in [1.82, 2.24) is 9.80 Å². The average molecular weight is 348 g/mol. The van der Waals surface area contributed by atoms with Crippen LogP contribution in [0.5, 0.6) is 5.75 Å². The van der Waals surface area contributed by atoms with Crippen molar-refractivity contribution in [2.75, 3.05) is 32.8 Å². The van der Waals surface area contributed by atoms with Crippen LogP contribution in [-0.2, 0) is 9.59 Å². The van der Waals surface area contributed by atoms with Crippen LogP contribution in [0.1, 0.15) is 32.1 Å². The third-order valence-electron chi connectivity index (χ3n) is 5.04. The Balaban J connectivity index is 1.47. The standard InChI is InChI=1S/C19H25FN2O3/c20-16-6-8-17(9-7-16)25-14-18(23)21-10-3-11-22(13-12-21)19(24)15-4-1-2-5-15/h6-9,15H,1-5,10-14H2. The van der Waals surface area contributed by atoms with Crippen LogP contribution in [0.15, 0.2) is 24.3 Å². The molecule has 1 saturated heterocycles. The van der Waals surface area contributed by atoms with Crippen LogP contribution in [-0.4, -0.2) is 54.4 Å². The Labute approximate surface area is 147 Å². The zero-order valence-corrected chi connectivity index (χ0v) is 14.5. The molecule has 0 N–H and O–H groups in total. The fraction of sp³-hybridized carbons (Fsp3) is 0.579. The van der Waals surface area contributed by atoms with E-state index in [2.05, 4.69) is 0 Å². The lowest BCUT2D eigenvalue weighted by Gasteiger charge is -2.24. The minimum Gasteiger partial charge on any atom is -0.484 e. The molecule has 1 aliphatic carbocycles. The zero-order valence-electron chi connectivity index (χ0n) is 14.5. The van der Waals surface area contributed by atoms with Gasteiger partial charge in [0.15, 0.2) is 6.61 Å². The Morgan fingerprint density at radius 3 is 2.32 bits per heavy atom. The number of hydrogen-bond donors (Lipinski definition) is 0. The van der Waals surface area contributed by atoms with E-state index in [-0.39, 0.29) is 30.2 Å². The molecule has 0 bridgehead atoms. The van der Waals surface area contributed by atoms with Crippen molar-refractivity contribution in [2.24, 2.45) is 5.92 Å². The molecule has 1 saturated carbocycles.